The van der Waals surface area contributed by atoms with Gasteiger partial charge in [-0.3, -0.25) is 0 Å². The van der Waals surface area contributed by atoms with Crippen molar-refractivity contribution in [3.05, 3.63) is 53.7 Å². The molecule has 1 aromatic heterocycles. The number of hydrogen-bond donors (Lipinski definition) is 1. The smallest absolute Gasteiger partial charge is 0.129 e. The maximum absolute atomic E-state index is 5.19. The summed E-state index contributed by atoms with van der Waals surface area (Å²) in [5, 5.41) is 3.31. The van der Waals surface area contributed by atoms with E-state index in [1.165, 1.54) is 5.56 Å². The third kappa shape index (κ3) is 2.97. The van der Waals surface area contributed by atoms with E-state index in [2.05, 4.69) is 16.4 Å². The lowest BCUT2D eigenvalue weighted by molar-refractivity contribution is 0.414. The first-order valence-corrected chi connectivity index (χ1v) is 5.58. The molecule has 88 valence electrons. The minimum absolute atomic E-state index is 0.745. The first kappa shape index (κ1) is 11.5. The molecule has 0 radical (unpaired) electrons. The second-order valence-electron chi connectivity index (χ2n) is 3.87. The number of hydrogen-bond acceptors (Lipinski definition) is 3. The molecule has 0 fully saturated rings. The molecular formula is C14H16N2O. The minimum Gasteiger partial charge on any atom is -0.497 e. The highest BCUT2D eigenvalue weighted by molar-refractivity contribution is 5.43. The monoisotopic (exact) mass is 228 g/mol. The zero-order valence-electron chi connectivity index (χ0n) is 10.1. The summed E-state index contributed by atoms with van der Waals surface area (Å²) in [6, 6.07) is 12.0. The Morgan fingerprint density at radius 3 is 2.88 bits per heavy atom. The Hall–Kier alpha value is -2.03. The lowest BCUT2D eigenvalue weighted by atomic mass is 10.2. The van der Waals surface area contributed by atoms with Crippen LogP contribution >= 0.6 is 0 Å². The molecule has 1 aromatic carbocycles. The topological polar surface area (TPSA) is 34.1 Å². The molecule has 0 aliphatic rings. The number of benzene rings is 1. The Morgan fingerprint density at radius 1 is 1.24 bits per heavy atom. The van der Waals surface area contributed by atoms with Gasteiger partial charge in [-0.2, -0.15) is 0 Å². The van der Waals surface area contributed by atoms with Gasteiger partial charge in [0.15, 0.2) is 0 Å². The lowest BCUT2D eigenvalue weighted by Gasteiger charge is -2.09. The second-order valence-corrected chi connectivity index (χ2v) is 3.87. The van der Waals surface area contributed by atoms with E-state index in [0.717, 1.165) is 23.7 Å². The molecular weight excluding hydrogens is 212 g/mol. The average molecular weight is 228 g/mol. The van der Waals surface area contributed by atoms with Crippen LogP contribution < -0.4 is 10.1 Å². The summed E-state index contributed by atoms with van der Waals surface area (Å²) in [7, 11) is 1.68. The van der Waals surface area contributed by atoms with Crippen LogP contribution in [0.4, 0.5) is 5.82 Å². The van der Waals surface area contributed by atoms with Crippen molar-refractivity contribution in [3.8, 4) is 5.75 Å². The Labute approximate surface area is 101 Å². The van der Waals surface area contributed by atoms with Gasteiger partial charge in [-0.25, -0.2) is 4.98 Å². The van der Waals surface area contributed by atoms with E-state index >= 15 is 0 Å². The summed E-state index contributed by atoms with van der Waals surface area (Å²) in [5.74, 6) is 1.80. The normalized spacial score (nSPS) is 10.0. The molecule has 0 bridgehead atoms. The van der Waals surface area contributed by atoms with Gasteiger partial charge in [-0.15, -0.1) is 0 Å². The maximum Gasteiger partial charge on any atom is 0.129 e. The standard InChI is InChI=1S/C14H16N2O/c1-11-5-4-8-15-14(11)16-10-12-6-3-7-13(9-12)17-2/h3-9H,10H2,1-2H3,(H,15,16). The van der Waals surface area contributed by atoms with Crippen molar-refractivity contribution < 1.29 is 4.74 Å². The van der Waals surface area contributed by atoms with Crippen molar-refractivity contribution in [2.75, 3.05) is 12.4 Å². The van der Waals surface area contributed by atoms with Gasteiger partial charge in [0.2, 0.25) is 0 Å². The number of ether oxygens (including phenoxy) is 1. The van der Waals surface area contributed by atoms with E-state index in [0.29, 0.717) is 0 Å². The van der Waals surface area contributed by atoms with Crippen LogP contribution in [0.3, 0.4) is 0 Å². The van der Waals surface area contributed by atoms with Gasteiger partial charge in [0.25, 0.3) is 0 Å². The van der Waals surface area contributed by atoms with Crippen LogP contribution in [0.1, 0.15) is 11.1 Å². The van der Waals surface area contributed by atoms with Crippen LogP contribution in [0.15, 0.2) is 42.6 Å². The van der Waals surface area contributed by atoms with Crippen molar-refractivity contribution in [3.63, 3.8) is 0 Å². The van der Waals surface area contributed by atoms with E-state index in [4.69, 9.17) is 4.74 Å². The predicted molar refractivity (Wildman–Crippen MR) is 69.3 cm³/mol. The number of rotatable bonds is 4. The zero-order chi connectivity index (χ0) is 12.1. The summed E-state index contributed by atoms with van der Waals surface area (Å²) in [4.78, 5) is 4.29. The molecule has 0 aliphatic carbocycles. The van der Waals surface area contributed by atoms with Crippen molar-refractivity contribution in [2.24, 2.45) is 0 Å². The number of aromatic nitrogens is 1. The molecule has 0 saturated heterocycles. The summed E-state index contributed by atoms with van der Waals surface area (Å²) in [6.45, 7) is 2.79. The van der Waals surface area contributed by atoms with Gasteiger partial charge >= 0.3 is 0 Å². The molecule has 0 aliphatic heterocycles. The second kappa shape index (κ2) is 5.34. The highest BCUT2D eigenvalue weighted by atomic mass is 16.5. The van der Waals surface area contributed by atoms with Gasteiger partial charge in [-0.05, 0) is 36.2 Å². The fraction of sp³-hybridized carbons (Fsp3) is 0.214. The minimum atomic E-state index is 0.745. The van der Waals surface area contributed by atoms with E-state index in [1.54, 1.807) is 13.3 Å². The van der Waals surface area contributed by atoms with E-state index in [1.807, 2.05) is 37.3 Å². The van der Waals surface area contributed by atoms with Gasteiger partial charge in [0.05, 0.1) is 7.11 Å². The van der Waals surface area contributed by atoms with Crippen LogP contribution in [0.5, 0.6) is 5.75 Å². The first-order chi connectivity index (χ1) is 8.29. The molecule has 3 nitrogen and oxygen atoms in total. The van der Waals surface area contributed by atoms with E-state index in [-0.39, 0.29) is 0 Å². The van der Waals surface area contributed by atoms with Crippen LogP contribution in [-0.4, -0.2) is 12.1 Å². The van der Waals surface area contributed by atoms with Crippen LogP contribution in [-0.2, 0) is 6.54 Å². The number of nitrogens with zero attached hydrogens (tertiary/aromatic N) is 1. The van der Waals surface area contributed by atoms with Crippen molar-refractivity contribution >= 4 is 5.82 Å². The van der Waals surface area contributed by atoms with Gasteiger partial charge in [0, 0.05) is 12.7 Å². The summed E-state index contributed by atoms with van der Waals surface area (Å²) >= 11 is 0. The van der Waals surface area contributed by atoms with Crippen molar-refractivity contribution in [1.29, 1.82) is 0 Å². The third-order valence-corrected chi connectivity index (χ3v) is 2.60. The Bertz CT molecular complexity index is 497. The number of methoxy groups -OCH3 is 1. The van der Waals surface area contributed by atoms with E-state index < -0.39 is 0 Å². The number of nitrogens with one attached hydrogen (secondary N) is 1. The molecule has 0 amide bonds. The molecule has 2 aromatic rings. The molecule has 0 saturated carbocycles. The summed E-state index contributed by atoms with van der Waals surface area (Å²) in [6.07, 6.45) is 1.79. The third-order valence-electron chi connectivity index (χ3n) is 2.60. The lowest BCUT2D eigenvalue weighted by Crippen LogP contribution is -2.02. The molecule has 0 spiro atoms. The quantitative estimate of drug-likeness (QED) is 0.873. The Morgan fingerprint density at radius 2 is 2.12 bits per heavy atom. The predicted octanol–water partition coefficient (Wildman–Crippen LogP) is 3.01. The molecule has 0 atom stereocenters. The summed E-state index contributed by atoms with van der Waals surface area (Å²) in [5.41, 5.74) is 2.32. The Kier molecular flexibility index (Phi) is 3.60. The van der Waals surface area contributed by atoms with Crippen molar-refractivity contribution in [1.82, 2.24) is 4.98 Å². The molecule has 2 rings (SSSR count). The van der Waals surface area contributed by atoms with Crippen LogP contribution in [0.25, 0.3) is 0 Å². The highest BCUT2D eigenvalue weighted by Gasteiger charge is 1.99. The Balaban J connectivity index is 2.05. The number of anilines is 1. The fourth-order valence-electron chi connectivity index (χ4n) is 1.64. The van der Waals surface area contributed by atoms with Gasteiger partial charge < -0.3 is 10.1 Å². The molecule has 3 heteroatoms. The molecule has 0 unspecified atom stereocenters. The van der Waals surface area contributed by atoms with Crippen molar-refractivity contribution in [2.45, 2.75) is 13.5 Å². The maximum atomic E-state index is 5.19. The average Bonchev–Trinajstić information content (AvgIpc) is 2.38. The molecule has 17 heavy (non-hydrogen) atoms. The number of aryl methyl sites for hydroxylation is 1. The first-order valence-electron chi connectivity index (χ1n) is 5.58. The molecule has 1 heterocycles. The molecule has 1 N–H and O–H groups in total. The highest BCUT2D eigenvalue weighted by Crippen LogP contribution is 2.15. The SMILES string of the molecule is COc1cccc(CNc2ncccc2C)c1. The summed E-state index contributed by atoms with van der Waals surface area (Å²) < 4.78 is 5.19. The van der Waals surface area contributed by atoms with Gasteiger partial charge in [-0.1, -0.05) is 18.2 Å². The zero-order valence-corrected chi connectivity index (χ0v) is 10.1. The fourth-order valence-corrected chi connectivity index (χ4v) is 1.64. The van der Waals surface area contributed by atoms with Crippen LogP contribution in [0, 0.1) is 6.92 Å². The van der Waals surface area contributed by atoms with E-state index in [9.17, 15) is 0 Å². The number of pyridine rings is 1. The van der Waals surface area contributed by atoms with Crippen LogP contribution in [0.2, 0.25) is 0 Å². The largest absolute Gasteiger partial charge is 0.497 e. The van der Waals surface area contributed by atoms with Gasteiger partial charge in [0.1, 0.15) is 11.6 Å².